The van der Waals surface area contributed by atoms with Gasteiger partial charge in [-0.3, -0.25) is 0 Å². The molecule has 0 amide bonds. The van der Waals surface area contributed by atoms with Gasteiger partial charge in [0.15, 0.2) is 0 Å². The quantitative estimate of drug-likeness (QED) is 0.388. The first kappa shape index (κ1) is 24.3. The third-order valence-electron chi connectivity index (χ3n) is 13.8. The predicted octanol–water partition coefficient (Wildman–Crippen LogP) is 10.0. The molecule has 6 aliphatic rings. The SMILES string of the molecule is CC1CCC(C2CC3CCCCC3C(C3C(C)C(C4CCC(C)C4)CC4CCCCC43)C2C)C1. The maximum Gasteiger partial charge on any atom is -0.0321 e. The second-order valence-corrected chi connectivity index (χ2v) is 15.4. The molecular weight excluding hydrogens is 408 g/mol. The molecule has 6 rings (SSSR count). The van der Waals surface area contributed by atoms with E-state index in [2.05, 4.69) is 27.7 Å². The summed E-state index contributed by atoms with van der Waals surface area (Å²) in [7, 11) is 0. The number of hydrogen-bond acceptors (Lipinski definition) is 0. The zero-order chi connectivity index (χ0) is 23.4. The first-order chi connectivity index (χ1) is 16.5. The third-order valence-corrected chi connectivity index (χ3v) is 13.8. The Morgan fingerprint density at radius 2 is 0.735 bits per heavy atom. The molecule has 0 aromatic heterocycles. The summed E-state index contributed by atoms with van der Waals surface area (Å²) in [4.78, 5) is 0. The van der Waals surface area contributed by atoms with Gasteiger partial charge in [0.25, 0.3) is 0 Å². The monoisotopic (exact) mass is 466 g/mol. The summed E-state index contributed by atoms with van der Waals surface area (Å²) >= 11 is 0. The maximum absolute atomic E-state index is 2.81. The fraction of sp³-hybridized carbons (Fsp3) is 1.00. The van der Waals surface area contributed by atoms with Crippen molar-refractivity contribution in [2.75, 3.05) is 0 Å². The summed E-state index contributed by atoms with van der Waals surface area (Å²) in [5.41, 5.74) is 0. The second-order valence-electron chi connectivity index (χ2n) is 15.4. The largest absolute Gasteiger partial charge is 0.0625 e. The molecule has 0 N–H and O–H groups in total. The molecule has 6 fully saturated rings. The van der Waals surface area contributed by atoms with E-state index in [0.717, 1.165) is 82.9 Å². The Kier molecular flexibility index (Phi) is 7.19. The summed E-state index contributed by atoms with van der Waals surface area (Å²) < 4.78 is 0. The molecule has 34 heavy (non-hydrogen) atoms. The van der Waals surface area contributed by atoms with Crippen molar-refractivity contribution < 1.29 is 0 Å². The first-order valence-corrected chi connectivity index (χ1v) is 16.5. The van der Waals surface area contributed by atoms with Crippen LogP contribution in [0.4, 0.5) is 0 Å². The average Bonchev–Trinajstić information content (AvgIpc) is 3.47. The molecule has 6 aliphatic carbocycles. The van der Waals surface area contributed by atoms with Gasteiger partial charge in [0.1, 0.15) is 0 Å². The van der Waals surface area contributed by atoms with Crippen LogP contribution in [0.5, 0.6) is 0 Å². The molecule has 14 unspecified atom stereocenters. The molecular formula is C34H58. The van der Waals surface area contributed by atoms with Gasteiger partial charge in [-0.1, -0.05) is 79.1 Å². The molecule has 14 atom stereocenters. The van der Waals surface area contributed by atoms with Gasteiger partial charge in [-0.25, -0.2) is 0 Å². The van der Waals surface area contributed by atoms with Crippen LogP contribution in [0.2, 0.25) is 0 Å². The summed E-state index contributed by atoms with van der Waals surface area (Å²) in [5.74, 6) is 14.8. The van der Waals surface area contributed by atoms with Crippen LogP contribution in [0.3, 0.4) is 0 Å². The Balaban J connectivity index is 1.33. The minimum Gasteiger partial charge on any atom is -0.0625 e. The van der Waals surface area contributed by atoms with Crippen LogP contribution in [0.15, 0.2) is 0 Å². The van der Waals surface area contributed by atoms with Crippen LogP contribution in [0, 0.1) is 82.9 Å². The number of rotatable bonds is 3. The molecule has 0 nitrogen and oxygen atoms in total. The fourth-order valence-corrected chi connectivity index (χ4v) is 12.3. The Bertz CT molecular complexity index is 622. The van der Waals surface area contributed by atoms with Crippen LogP contribution in [0.1, 0.15) is 130 Å². The van der Waals surface area contributed by atoms with Crippen LogP contribution in [0.25, 0.3) is 0 Å². The molecule has 0 aromatic carbocycles. The molecule has 0 radical (unpaired) electrons. The molecule has 194 valence electrons. The molecule has 0 spiro atoms. The van der Waals surface area contributed by atoms with Crippen LogP contribution >= 0.6 is 0 Å². The van der Waals surface area contributed by atoms with Crippen molar-refractivity contribution in [3.05, 3.63) is 0 Å². The summed E-state index contributed by atoms with van der Waals surface area (Å²) in [6.07, 6.45) is 25.1. The van der Waals surface area contributed by atoms with E-state index in [1.165, 1.54) is 12.8 Å². The van der Waals surface area contributed by atoms with E-state index >= 15 is 0 Å². The zero-order valence-corrected chi connectivity index (χ0v) is 23.4. The van der Waals surface area contributed by atoms with Crippen LogP contribution in [-0.4, -0.2) is 0 Å². The molecule has 0 heterocycles. The highest BCUT2D eigenvalue weighted by molar-refractivity contribution is 5.04. The van der Waals surface area contributed by atoms with E-state index in [1.54, 1.807) is 89.9 Å². The predicted molar refractivity (Wildman–Crippen MR) is 145 cm³/mol. The molecule has 0 aliphatic heterocycles. The van der Waals surface area contributed by atoms with Crippen molar-refractivity contribution in [2.24, 2.45) is 82.9 Å². The minimum absolute atomic E-state index is 1.00. The highest BCUT2D eigenvalue weighted by Gasteiger charge is 2.55. The lowest BCUT2D eigenvalue weighted by Crippen LogP contribution is -2.53. The molecule has 0 aromatic rings. The van der Waals surface area contributed by atoms with E-state index in [4.69, 9.17) is 0 Å². The van der Waals surface area contributed by atoms with Gasteiger partial charge in [0.05, 0.1) is 0 Å². The minimum atomic E-state index is 1.00. The van der Waals surface area contributed by atoms with Gasteiger partial charge >= 0.3 is 0 Å². The number of hydrogen-bond donors (Lipinski definition) is 0. The Hall–Kier alpha value is 0. The van der Waals surface area contributed by atoms with E-state index in [-0.39, 0.29) is 0 Å². The Morgan fingerprint density at radius 3 is 1.12 bits per heavy atom. The van der Waals surface area contributed by atoms with Crippen molar-refractivity contribution in [3.63, 3.8) is 0 Å². The summed E-state index contributed by atoms with van der Waals surface area (Å²) in [6, 6.07) is 0. The van der Waals surface area contributed by atoms with Gasteiger partial charge < -0.3 is 0 Å². The smallest absolute Gasteiger partial charge is 0.0321 e. The van der Waals surface area contributed by atoms with Gasteiger partial charge in [0.2, 0.25) is 0 Å². The molecule has 6 saturated carbocycles. The molecule has 0 heteroatoms. The molecule has 0 saturated heterocycles. The van der Waals surface area contributed by atoms with Gasteiger partial charge in [-0.15, -0.1) is 0 Å². The van der Waals surface area contributed by atoms with Crippen LogP contribution < -0.4 is 0 Å². The topological polar surface area (TPSA) is 0 Å². The fourth-order valence-electron chi connectivity index (χ4n) is 12.3. The maximum atomic E-state index is 2.81. The summed E-state index contributed by atoms with van der Waals surface area (Å²) in [6.45, 7) is 10.7. The van der Waals surface area contributed by atoms with E-state index in [9.17, 15) is 0 Å². The highest BCUT2D eigenvalue weighted by atomic mass is 14.6. The normalized spacial score (nSPS) is 56.1. The lowest BCUT2D eigenvalue weighted by molar-refractivity contribution is -0.112. The standard InChI is InChI=1S/C34H58/c1-21-13-15-27(17-21)31-19-25-9-5-7-11-29(25)33(23(31)3)34-24(4)32(28-16-14-22(2)18-28)20-26-10-6-8-12-30(26)34/h21-34H,5-20H2,1-4H3. The lowest BCUT2D eigenvalue weighted by Gasteiger charge is -2.60. The zero-order valence-electron chi connectivity index (χ0n) is 23.4. The highest BCUT2D eigenvalue weighted by Crippen LogP contribution is 2.63. The third kappa shape index (κ3) is 4.36. The van der Waals surface area contributed by atoms with Gasteiger partial charge in [-0.05, 0) is 134 Å². The van der Waals surface area contributed by atoms with Crippen molar-refractivity contribution in [1.82, 2.24) is 0 Å². The van der Waals surface area contributed by atoms with Crippen molar-refractivity contribution in [1.29, 1.82) is 0 Å². The van der Waals surface area contributed by atoms with Crippen molar-refractivity contribution in [3.8, 4) is 0 Å². The average molecular weight is 467 g/mol. The van der Waals surface area contributed by atoms with Gasteiger partial charge in [0, 0.05) is 0 Å². The number of fused-ring (bicyclic) bond motifs is 2. The molecule has 0 bridgehead atoms. The van der Waals surface area contributed by atoms with Crippen molar-refractivity contribution in [2.45, 2.75) is 130 Å². The Morgan fingerprint density at radius 1 is 0.353 bits per heavy atom. The van der Waals surface area contributed by atoms with Crippen molar-refractivity contribution >= 4 is 0 Å². The van der Waals surface area contributed by atoms with Gasteiger partial charge in [-0.2, -0.15) is 0 Å². The van der Waals surface area contributed by atoms with E-state index in [0.29, 0.717) is 0 Å². The van der Waals surface area contributed by atoms with E-state index < -0.39 is 0 Å². The Labute approximate surface area is 213 Å². The second kappa shape index (κ2) is 10.0. The van der Waals surface area contributed by atoms with E-state index in [1.807, 2.05) is 0 Å². The first-order valence-electron chi connectivity index (χ1n) is 16.5. The van der Waals surface area contributed by atoms with Crippen LogP contribution in [-0.2, 0) is 0 Å². The summed E-state index contributed by atoms with van der Waals surface area (Å²) in [5, 5.41) is 0. The lowest BCUT2D eigenvalue weighted by atomic mass is 9.45.